The number of thioether (sulfide) groups is 1. The van der Waals surface area contributed by atoms with Crippen molar-refractivity contribution in [2.75, 3.05) is 91.1 Å². The minimum Gasteiger partial charge on any atom is -0.478 e. The van der Waals surface area contributed by atoms with Crippen molar-refractivity contribution >= 4 is 82.6 Å². The largest absolute Gasteiger partial charge is 0.501 e. The molecule has 0 saturated carbocycles. The number of carbonyl (C=O) groups is 1. The molecule has 428 valence electrons. The van der Waals surface area contributed by atoms with E-state index in [0.29, 0.717) is 92.8 Å². The summed E-state index contributed by atoms with van der Waals surface area (Å²) in [5.41, 5.74) is 0.270. The van der Waals surface area contributed by atoms with Crippen LogP contribution in [0.4, 0.5) is 35.9 Å². The zero-order valence-corrected chi connectivity index (χ0v) is 48.5. The van der Waals surface area contributed by atoms with Crippen molar-refractivity contribution in [3.8, 4) is 22.4 Å². The molecule has 0 spiro atoms. The number of carboxylic acid groups (broad SMARTS) is 1. The molecule has 0 amide bonds. The highest BCUT2D eigenvalue weighted by Crippen LogP contribution is 2.56. The van der Waals surface area contributed by atoms with Crippen LogP contribution in [-0.2, 0) is 28.0 Å². The summed E-state index contributed by atoms with van der Waals surface area (Å²) in [4.78, 5) is 37.7. The molecule has 6 aromatic rings. The van der Waals surface area contributed by atoms with Crippen molar-refractivity contribution in [3.05, 3.63) is 138 Å². The lowest BCUT2D eigenvalue weighted by Gasteiger charge is -2.37. The minimum atomic E-state index is -5.99. The average molecular weight is 1200 g/mol. The van der Waals surface area contributed by atoms with Crippen LogP contribution >= 0.6 is 38.7 Å². The molecule has 16 nitrogen and oxygen atoms in total. The Morgan fingerprint density at radius 1 is 0.850 bits per heavy atom. The van der Waals surface area contributed by atoms with E-state index < -0.39 is 47.6 Å². The molecule has 0 bridgehead atoms. The predicted octanol–water partition coefficient (Wildman–Crippen LogP) is 11.8. The van der Waals surface area contributed by atoms with Gasteiger partial charge in [-0.2, -0.15) is 13.2 Å². The van der Waals surface area contributed by atoms with Crippen LogP contribution in [0.5, 0.6) is 0 Å². The van der Waals surface area contributed by atoms with Crippen LogP contribution in [0.1, 0.15) is 55.2 Å². The summed E-state index contributed by atoms with van der Waals surface area (Å²) < 4.78 is 111. The van der Waals surface area contributed by atoms with Crippen molar-refractivity contribution in [1.82, 2.24) is 9.47 Å². The van der Waals surface area contributed by atoms with E-state index in [-0.39, 0.29) is 48.3 Å². The molecule has 3 saturated heterocycles. The number of hydrogen-bond acceptors (Lipinski definition) is 12. The molecule has 5 aromatic carbocycles. The van der Waals surface area contributed by atoms with Gasteiger partial charge in [0.25, 0.3) is 9.84 Å². The number of sulfone groups is 1. The molecule has 4 N–H and O–H groups in total. The Labute approximate surface area is 473 Å². The third kappa shape index (κ3) is 13.3. The third-order valence-electron chi connectivity index (χ3n) is 14.9. The van der Waals surface area contributed by atoms with Gasteiger partial charge in [-0.3, -0.25) is 13.8 Å². The molecule has 0 aliphatic carbocycles. The van der Waals surface area contributed by atoms with Crippen molar-refractivity contribution in [2.45, 2.75) is 67.4 Å². The Kier molecular flexibility index (Phi) is 18.3. The first kappa shape index (κ1) is 59.3. The number of benzene rings is 5. The van der Waals surface area contributed by atoms with Gasteiger partial charge >= 0.3 is 26.8 Å². The van der Waals surface area contributed by atoms with Crippen molar-refractivity contribution < 1.29 is 59.5 Å². The number of aromatic carboxylic acids is 1. The number of hydrogen-bond donors (Lipinski definition) is 4. The zero-order valence-electron chi connectivity index (χ0n) is 44.3. The van der Waals surface area contributed by atoms with Gasteiger partial charge in [0.2, 0.25) is 0 Å². The molecule has 0 radical (unpaired) electrons. The van der Waals surface area contributed by atoms with Gasteiger partial charge in [0, 0.05) is 88.8 Å². The monoisotopic (exact) mass is 1200 g/mol. The molecule has 4 heterocycles. The van der Waals surface area contributed by atoms with Crippen molar-refractivity contribution in [2.24, 2.45) is 5.92 Å². The van der Waals surface area contributed by atoms with E-state index in [1.807, 2.05) is 99.6 Å². The first-order chi connectivity index (χ1) is 38.0. The lowest BCUT2D eigenvalue weighted by molar-refractivity contribution is -0.0435. The van der Waals surface area contributed by atoms with Crippen LogP contribution < -0.4 is 25.1 Å². The standard InChI is InChI=1S/C56H64ClF3N6O10P2S2/c1-38(2)66-39(3)52(55(67)68)53(54(66)41-12-14-43(57)15-13-41)42-8-7-9-47(34-42)64-30-28-63(29-31-64)45-16-18-46(19-17-45)65-32-33-75-77(65,69)48-20-21-50(51(35-48)80(73,74)56(58,59)60)61-44(37-79-49-10-5-4-6-11-49)24-27-62-25-22-40(23-26-62)36-76-78(70,71)72/h4-21,34-35,38,40,44,61H,22-33,36-37H2,1-3H3,(H,67,68)(H2,70,71,72)/t44-,77+/m1/s1. The van der Waals surface area contributed by atoms with Crippen LogP contribution in [-0.4, -0.2) is 122 Å². The van der Waals surface area contributed by atoms with Gasteiger partial charge in [0.15, 0.2) is 0 Å². The zero-order chi connectivity index (χ0) is 57.1. The maximum Gasteiger partial charge on any atom is 0.501 e. The Morgan fingerprint density at radius 2 is 1.50 bits per heavy atom. The Hall–Kier alpha value is -5.31. The number of rotatable bonds is 20. The topological polar surface area (TPSA) is 194 Å². The van der Waals surface area contributed by atoms with Gasteiger partial charge in [-0.15, -0.1) is 11.8 Å². The molecule has 24 heteroatoms. The number of piperazine rings is 1. The molecular weight excluding hydrogens is 1140 g/mol. The van der Waals surface area contributed by atoms with Gasteiger partial charge in [-0.25, -0.2) is 17.8 Å². The second-order valence-electron chi connectivity index (χ2n) is 20.4. The summed E-state index contributed by atoms with van der Waals surface area (Å²) in [6.07, 6.45) is 1.65. The first-order valence-corrected chi connectivity index (χ1v) is 32.3. The van der Waals surface area contributed by atoms with Gasteiger partial charge in [-0.1, -0.05) is 54.1 Å². The van der Waals surface area contributed by atoms with Crippen LogP contribution in [0.25, 0.3) is 22.4 Å². The van der Waals surface area contributed by atoms with Crippen LogP contribution in [0.3, 0.4) is 0 Å². The first-order valence-electron chi connectivity index (χ1n) is 26.3. The van der Waals surface area contributed by atoms with Crippen LogP contribution in [0, 0.1) is 12.8 Å². The molecule has 9 rings (SSSR count). The fourth-order valence-corrected chi connectivity index (χ4v) is 15.6. The smallest absolute Gasteiger partial charge is 0.478 e. The molecule has 0 unspecified atom stereocenters. The third-order valence-corrected chi connectivity index (χ3v) is 20.9. The summed E-state index contributed by atoms with van der Waals surface area (Å²) in [5.74, 6) is -0.708. The number of phosphoric ester groups is 1. The van der Waals surface area contributed by atoms with E-state index in [0.717, 1.165) is 39.2 Å². The number of halogens is 4. The SMILES string of the molecule is Cc1c(C(=O)O)c(-c2cccc(N3CCN(c4ccc(N5CCO[P@@]5(=O)c5ccc(N[C@H](CCN6CCC(COP(=O)(O)O)CC6)CSc6ccccc6)c(S(=O)(=O)C(F)(F)F)c5)cc4)CC3)c2)c(-c2ccc(Cl)cc2)n1C(C)C. The van der Waals surface area contributed by atoms with Gasteiger partial charge in [-0.05, 0) is 149 Å². The summed E-state index contributed by atoms with van der Waals surface area (Å²) in [5, 5.41) is 14.1. The molecule has 2 atom stereocenters. The Balaban J connectivity index is 0.908. The molecule has 1 aromatic heterocycles. The van der Waals surface area contributed by atoms with E-state index in [4.69, 9.17) is 30.4 Å². The van der Waals surface area contributed by atoms with Crippen molar-refractivity contribution in [3.63, 3.8) is 0 Å². The van der Waals surface area contributed by atoms with E-state index in [1.54, 1.807) is 24.3 Å². The van der Waals surface area contributed by atoms with E-state index in [9.17, 15) is 36.1 Å². The fourth-order valence-electron chi connectivity index (χ4n) is 10.9. The number of aromatic nitrogens is 1. The normalized spacial score (nSPS) is 18.3. The number of nitrogens with one attached hydrogen (secondary N) is 1. The van der Waals surface area contributed by atoms with E-state index >= 15 is 4.57 Å². The van der Waals surface area contributed by atoms with Gasteiger partial charge in [0.1, 0.15) is 4.90 Å². The summed E-state index contributed by atoms with van der Waals surface area (Å²) in [6.45, 7) is 10.2. The molecule has 3 aliphatic heterocycles. The summed E-state index contributed by atoms with van der Waals surface area (Å²) >= 11 is 7.73. The highest BCUT2D eigenvalue weighted by atomic mass is 35.5. The number of piperidine rings is 1. The molecular formula is C56H64ClF3N6O10P2S2. The maximum absolute atomic E-state index is 15.0. The fraction of sp³-hybridized carbons (Fsp3) is 0.375. The lowest BCUT2D eigenvalue weighted by atomic mass is 9.96. The number of phosphoric acid groups is 1. The van der Waals surface area contributed by atoms with Crippen molar-refractivity contribution in [1.29, 1.82) is 0 Å². The Morgan fingerprint density at radius 3 is 2.12 bits per heavy atom. The van der Waals surface area contributed by atoms with Crippen LogP contribution in [0.2, 0.25) is 5.02 Å². The summed E-state index contributed by atoms with van der Waals surface area (Å²) in [7, 11) is -14.8. The Bertz CT molecular complexity index is 3380. The number of nitrogens with zero attached hydrogens (tertiary/aromatic N) is 5. The molecule has 3 fully saturated rings. The molecule has 3 aliphatic rings. The highest BCUT2D eigenvalue weighted by molar-refractivity contribution is 7.99. The highest BCUT2D eigenvalue weighted by Gasteiger charge is 2.49. The van der Waals surface area contributed by atoms with Crippen LogP contribution in [0.15, 0.2) is 131 Å². The number of anilines is 4. The second kappa shape index (κ2) is 24.6. The number of carboxylic acids is 1. The second-order valence-corrected chi connectivity index (χ2v) is 27.4. The predicted molar refractivity (Wildman–Crippen MR) is 310 cm³/mol. The average Bonchev–Trinajstić information content (AvgIpc) is 4.08. The van der Waals surface area contributed by atoms with E-state index in [2.05, 4.69) is 24.6 Å². The quantitative estimate of drug-likeness (QED) is 0.0416. The molecule has 80 heavy (non-hydrogen) atoms. The van der Waals surface area contributed by atoms with Gasteiger partial charge in [0.05, 0.1) is 42.0 Å². The maximum atomic E-state index is 15.0. The van der Waals surface area contributed by atoms with Gasteiger partial charge < -0.3 is 44.0 Å². The minimum absolute atomic E-state index is 0.0283. The number of alkyl halides is 3. The number of likely N-dealkylation sites (tertiary alicyclic amines) is 1. The summed E-state index contributed by atoms with van der Waals surface area (Å²) in [6, 6.07) is 34.9. The van der Waals surface area contributed by atoms with E-state index in [1.165, 1.54) is 28.6 Å². The lowest BCUT2D eigenvalue weighted by Crippen LogP contribution is -2.46.